The summed E-state index contributed by atoms with van der Waals surface area (Å²) in [6.45, 7) is 0.0795. The van der Waals surface area contributed by atoms with E-state index >= 15 is 0 Å². The molecule has 1 amide bonds. The molecule has 0 bridgehead atoms. The Hall–Kier alpha value is -3.97. The number of nitrogens with zero attached hydrogens (tertiary/aromatic N) is 2. The van der Waals surface area contributed by atoms with Gasteiger partial charge in [0.25, 0.3) is 0 Å². The van der Waals surface area contributed by atoms with Crippen LogP contribution in [0.15, 0.2) is 102 Å². The molecular formula is C26H22N4O2S. The van der Waals surface area contributed by atoms with Gasteiger partial charge in [0, 0.05) is 17.4 Å². The molecule has 1 saturated heterocycles. The van der Waals surface area contributed by atoms with Gasteiger partial charge in [-0.15, -0.1) is 0 Å². The number of hydrogen-bond donors (Lipinski definition) is 2. The first-order valence-corrected chi connectivity index (χ1v) is 11.1. The number of anilines is 1. The Morgan fingerprint density at radius 2 is 1.70 bits per heavy atom. The van der Waals surface area contributed by atoms with Crippen LogP contribution in [0.5, 0.6) is 0 Å². The molecule has 4 aromatic rings. The number of carbonyl (C=O) groups excluding carboxylic acids is 1. The Kier molecular flexibility index (Phi) is 5.87. The maximum absolute atomic E-state index is 12.9. The van der Waals surface area contributed by atoms with Crippen LogP contribution in [0.25, 0.3) is 11.3 Å². The maximum Gasteiger partial charge on any atom is 0.244 e. The fourth-order valence-corrected chi connectivity index (χ4v) is 4.34. The Morgan fingerprint density at radius 3 is 2.42 bits per heavy atom. The molecular weight excluding hydrogens is 432 g/mol. The smallest absolute Gasteiger partial charge is 0.244 e. The molecule has 0 spiro atoms. The highest BCUT2D eigenvalue weighted by molar-refractivity contribution is 7.80. The van der Waals surface area contributed by atoms with Crippen molar-refractivity contribution in [2.24, 2.45) is 0 Å². The molecule has 0 aliphatic carbocycles. The molecule has 1 aliphatic heterocycles. The summed E-state index contributed by atoms with van der Waals surface area (Å²) < 4.78 is 6.28. The number of furan rings is 1. The zero-order chi connectivity index (χ0) is 22.6. The number of pyridine rings is 1. The number of amides is 1. The molecule has 2 atom stereocenters. The first kappa shape index (κ1) is 20.9. The minimum Gasteiger partial charge on any atom is -0.459 e. The summed E-state index contributed by atoms with van der Waals surface area (Å²) in [5.74, 6) is 1.31. The predicted octanol–water partition coefficient (Wildman–Crippen LogP) is 4.95. The van der Waals surface area contributed by atoms with E-state index in [4.69, 9.17) is 16.6 Å². The van der Waals surface area contributed by atoms with Gasteiger partial charge in [-0.1, -0.05) is 54.6 Å². The number of carbonyl (C=O) groups is 1. The molecule has 2 aromatic carbocycles. The minimum absolute atomic E-state index is 0.0795. The SMILES string of the molecule is O=C(CN1C(=S)N[C@@H](c2ccccn2)[C@@H]1c1ccc(-c2ccccc2)o1)Nc1ccccc1. The molecule has 0 radical (unpaired) electrons. The maximum atomic E-state index is 12.9. The van der Waals surface area contributed by atoms with Crippen LogP contribution in [0.3, 0.4) is 0 Å². The largest absolute Gasteiger partial charge is 0.459 e. The van der Waals surface area contributed by atoms with Crippen LogP contribution in [0.4, 0.5) is 5.69 Å². The van der Waals surface area contributed by atoms with Gasteiger partial charge in [0.1, 0.15) is 24.1 Å². The van der Waals surface area contributed by atoms with E-state index in [2.05, 4.69) is 15.6 Å². The zero-order valence-corrected chi connectivity index (χ0v) is 18.5. The molecule has 164 valence electrons. The second-order valence-corrected chi connectivity index (χ2v) is 8.12. The third-order valence-corrected chi connectivity index (χ3v) is 5.90. The number of hydrogen-bond acceptors (Lipinski definition) is 4. The minimum atomic E-state index is -0.327. The van der Waals surface area contributed by atoms with Crippen molar-refractivity contribution >= 4 is 28.9 Å². The fourth-order valence-electron chi connectivity index (χ4n) is 4.03. The van der Waals surface area contributed by atoms with Crippen molar-refractivity contribution in [3.63, 3.8) is 0 Å². The van der Waals surface area contributed by atoms with Crippen LogP contribution in [0.2, 0.25) is 0 Å². The molecule has 5 rings (SSSR count). The Morgan fingerprint density at radius 1 is 0.970 bits per heavy atom. The van der Waals surface area contributed by atoms with Crippen molar-refractivity contribution in [1.29, 1.82) is 0 Å². The van der Waals surface area contributed by atoms with Gasteiger partial charge in [0.05, 0.1) is 11.7 Å². The summed E-state index contributed by atoms with van der Waals surface area (Å²) in [5, 5.41) is 6.76. The van der Waals surface area contributed by atoms with Crippen molar-refractivity contribution in [1.82, 2.24) is 15.2 Å². The Labute approximate surface area is 197 Å². The van der Waals surface area contributed by atoms with Crippen molar-refractivity contribution in [2.75, 3.05) is 11.9 Å². The average molecular weight is 455 g/mol. The van der Waals surface area contributed by atoms with E-state index in [1.807, 2.05) is 95.9 Å². The van der Waals surface area contributed by atoms with Gasteiger partial charge in [-0.25, -0.2) is 0 Å². The monoisotopic (exact) mass is 454 g/mol. The quantitative estimate of drug-likeness (QED) is 0.402. The molecule has 6 nitrogen and oxygen atoms in total. The summed E-state index contributed by atoms with van der Waals surface area (Å²) >= 11 is 5.64. The van der Waals surface area contributed by atoms with Gasteiger partial charge in [0.2, 0.25) is 5.91 Å². The second kappa shape index (κ2) is 9.26. The van der Waals surface area contributed by atoms with Gasteiger partial charge in [-0.2, -0.15) is 0 Å². The molecule has 7 heteroatoms. The van der Waals surface area contributed by atoms with Crippen LogP contribution in [0, 0.1) is 0 Å². The van der Waals surface area contributed by atoms with Gasteiger partial charge in [-0.05, 0) is 48.6 Å². The topological polar surface area (TPSA) is 70.4 Å². The fraction of sp³-hybridized carbons (Fsp3) is 0.115. The summed E-state index contributed by atoms with van der Waals surface area (Å²) in [6, 6.07) is 28.4. The van der Waals surface area contributed by atoms with Gasteiger partial charge >= 0.3 is 0 Å². The van der Waals surface area contributed by atoms with Crippen LogP contribution in [-0.4, -0.2) is 27.4 Å². The van der Waals surface area contributed by atoms with E-state index < -0.39 is 0 Å². The standard InChI is InChI=1S/C26H22N4O2S/c31-23(28-19-11-5-2-6-12-19)17-30-25(24(29-26(30)33)20-13-7-8-16-27-20)22-15-14-21(32-22)18-9-3-1-4-10-18/h1-16,24-25H,17H2,(H,28,31)(H,29,33)/t24-,25-/m0/s1. The molecule has 2 aromatic heterocycles. The molecule has 33 heavy (non-hydrogen) atoms. The zero-order valence-electron chi connectivity index (χ0n) is 17.7. The van der Waals surface area contributed by atoms with E-state index in [9.17, 15) is 4.79 Å². The lowest BCUT2D eigenvalue weighted by Gasteiger charge is -2.25. The van der Waals surface area contributed by atoms with E-state index in [-0.39, 0.29) is 24.5 Å². The normalized spacial score (nSPS) is 17.6. The third kappa shape index (κ3) is 4.49. The Bertz CT molecular complexity index is 1250. The highest BCUT2D eigenvalue weighted by Crippen LogP contribution is 2.40. The van der Waals surface area contributed by atoms with Crippen molar-refractivity contribution in [2.45, 2.75) is 12.1 Å². The van der Waals surface area contributed by atoms with Crippen molar-refractivity contribution < 1.29 is 9.21 Å². The summed E-state index contributed by atoms with van der Waals surface area (Å²) in [5.41, 5.74) is 2.55. The van der Waals surface area contributed by atoms with Gasteiger partial charge in [-0.3, -0.25) is 9.78 Å². The van der Waals surface area contributed by atoms with Gasteiger partial charge < -0.3 is 20.0 Å². The molecule has 2 N–H and O–H groups in total. The number of nitrogens with one attached hydrogen (secondary N) is 2. The number of rotatable bonds is 6. The third-order valence-electron chi connectivity index (χ3n) is 5.55. The van der Waals surface area contributed by atoms with E-state index in [0.29, 0.717) is 10.9 Å². The second-order valence-electron chi connectivity index (χ2n) is 7.74. The van der Waals surface area contributed by atoms with Crippen LogP contribution in [0.1, 0.15) is 23.5 Å². The molecule has 0 unspecified atom stereocenters. The first-order chi connectivity index (χ1) is 16.2. The van der Waals surface area contributed by atoms with Crippen LogP contribution >= 0.6 is 12.2 Å². The lowest BCUT2D eigenvalue weighted by atomic mass is 10.0. The number of para-hydroxylation sites is 1. The molecule has 1 fully saturated rings. The summed E-state index contributed by atoms with van der Waals surface area (Å²) in [7, 11) is 0. The molecule has 0 saturated carbocycles. The summed E-state index contributed by atoms with van der Waals surface area (Å²) in [4.78, 5) is 19.3. The van der Waals surface area contributed by atoms with E-state index in [1.165, 1.54) is 0 Å². The molecule has 1 aliphatic rings. The number of thiocarbonyl (C=S) groups is 1. The molecule has 3 heterocycles. The van der Waals surface area contributed by atoms with Crippen LogP contribution in [-0.2, 0) is 4.79 Å². The first-order valence-electron chi connectivity index (χ1n) is 10.7. The lowest BCUT2D eigenvalue weighted by molar-refractivity contribution is -0.116. The number of benzene rings is 2. The van der Waals surface area contributed by atoms with Gasteiger partial charge in [0.15, 0.2) is 5.11 Å². The highest BCUT2D eigenvalue weighted by Gasteiger charge is 2.42. The van der Waals surface area contributed by atoms with E-state index in [0.717, 1.165) is 22.7 Å². The van der Waals surface area contributed by atoms with Crippen molar-refractivity contribution in [3.8, 4) is 11.3 Å². The van der Waals surface area contributed by atoms with E-state index in [1.54, 1.807) is 6.20 Å². The number of aromatic nitrogens is 1. The average Bonchev–Trinajstić information content (AvgIpc) is 3.46. The lowest BCUT2D eigenvalue weighted by Crippen LogP contribution is -2.36. The summed E-state index contributed by atoms with van der Waals surface area (Å²) in [6.07, 6.45) is 1.75. The van der Waals surface area contributed by atoms with Crippen molar-refractivity contribution in [3.05, 3.63) is 109 Å². The highest BCUT2D eigenvalue weighted by atomic mass is 32.1. The van der Waals surface area contributed by atoms with Crippen LogP contribution < -0.4 is 10.6 Å². The predicted molar refractivity (Wildman–Crippen MR) is 131 cm³/mol. The Balaban J connectivity index is 1.46.